The number of fused-ring (bicyclic) bond motifs is 1. The first-order valence-electron chi connectivity index (χ1n) is 8.63. The molecule has 0 saturated heterocycles. The smallest absolute Gasteiger partial charge is 0.340 e. The quantitative estimate of drug-likeness (QED) is 0.618. The summed E-state index contributed by atoms with van der Waals surface area (Å²) in [5.41, 5.74) is 0.971. The van der Waals surface area contributed by atoms with E-state index in [2.05, 4.69) is 0 Å². The van der Waals surface area contributed by atoms with Crippen LogP contribution in [0.5, 0.6) is 11.5 Å². The molecule has 6 heteroatoms. The van der Waals surface area contributed by atoms with E-state index in [4.69, 9.17) is 14.2 Å². The molecule has 140 valence electrons. The molecule has 0 amide bonds. The standard InChI is InChI=1S/C21H21NO5/c1-4-17(27-19-12-8-7-11-18(19)25-2)20(23)22-13-15(21(24)26-3)14-9-5-6-10-16(14)22/h5-13,17H,4H2,1-3H3. The van der Waals surface area contributed by atoms with E-state index < -0.39 is 12.1 Å². The van der Waals surface area contributed by atoms with Gasteiger partial charge in [0.2, 0.25) is 0 Å². The molecule has 0 aliphatic heterocycles. The lowest BCUT2D eigenvalue weighted by Gasteiger charge is -2.19. The number of hydrogen-bond donors (Lipinski definition) is 0. The third-order valence-corrected chi connectivity index (χ3v) is 4.34. The zero-order valence-electron chi connectivity index (χ0n) is 15.5. The molecule has 1 atom stereocenters. The van der Waals surface area contributed by atoms with Crippen molar-refractivity contribution in [3.63, 3.8) is 0 Å². The van der Waals surface area contributed by atoms with Gasteiger partial charge in [0, 0.05) is 11.6 Å². The first-order chi connectivity index (χ1) is 13.1. The predicted molar refractivity (Wildman–Crippen MR) is 102 cm³/mol. The summed E-state index contributed by atoms with van der Waals surface area (Å²) in [5.74, 6) is 0.285. The molecule has 0 saturated carbocycles. The van der Waals surface area contributed by atoms with E-state index in [1.165, 1.54) is 17.9 Å². The van der Waals surface area contributed by atoms with Crippen molar-refractivity contribution >= 4 is 22.8 Å². The maximum Gasteiger partial charge on any atom is 0.340 e. The second-order valence-corrected chi connectivity index (χ2v) is 5.93. The molecular formula is C21H21NO5. The number of rotatable bonds is 6. The van der Waals surface area contributed by atoms with Crippen LogP contribution in [0.2, 0.25) is 0 Å². The van der Waals surface area contributed by atoms with Gasteiger partial charge in [0.15, 0.2) is 17.6 Å². The van der Waals surface area contributed by atoms with Gasteiger partial charge in [-0.15, -0.1) is 0 Å². The van der Waals surface area contributed by atoms with E-state index in [-0.39, 0.29) is 5.91 Å². The number of benzene rings is 2. The van der Waals surface area contributed by atoms with E-state index in [1.807, 2.05) is 31.2 Å². The summed E-state index contributed by atoms with van der Waals surface area (Å²) in [6, 6.07) is 14.4. The van der Waals surface area contributed by atoms with Crippen LogP contribution in [0.4, 0.5) is 0 Å². The lowest BCUT2D eigenvalue weighted by Crippen LogP contribution is -2.31. The van der Waals surface area contributed by atoms with Crippen LogP contribution in [-0.4, -0.2) is 36.8 Å². The van der Waals surface area contributed by atoms with Crippen LogP contribution in [0.3, 0.4) is 0 Å². The Hall–Kier alpha value is -3.28. The number of esters is 1. The molecule has 0 N–H and O–H groups in total. The number of carbonyl (C=O) groups is 2. The molecule has 3 rings (SSSR count). The van der Waals surface area contributed by atoms with Gasteiger partial charge in [-0.3, -0.25) is 9.36 Å². The molecule has 0 aliphatic carbocycles. The number of ether oxygens (including phenoxy) is 3. The monoisotopic (exact) mass is 367 g/mol. The highest BCUT2D eigenvalue weighted by molar-refractivity contribution is 6.07. The normalized spacial score (nSPS) is 11.8. The fourth-order valence-electron chi connectivity index (χ4n) is 2.97. The van der Waals surface area contributed by atoms with E-state index >= 15 is 0 Å². The van der Waals surface area contributed by atoms with E-state index in [0.717, 1.165) is 0 Å². The minimum atomic E-state index is -0.734. The molecular weight excluding hydrogens is 346 g/mol. The molecule has 1 heterocycles. The number of methoxy groups -OCH3 is 2. The summed E-state index contributed by atoms with van der Waals surface area (Å²) >= 11 is 0. The van der Waals surface area contributed by atoms with Crippen LogP contribution in [-0.2, 0) is 4.74 Å². The Labute approximate surface area is 157 Å². The van der Waals surface area contributed by atoms with Gasteiger partial charge in [-0.05, 0) is 24.6 Å². The second kappa shape index (κ2) is 7.95. The molecule has 3 aromatic rings. The van der Waals surface area contributed by atoms with Crippen molar-refractivity contribution in [2.24, 2.45) is 0 Å². The third-order valence-electron chi connectivity index (χ3n) is 4.34. The van der Waals surface area contributed by atoms with Gasteiger partial charge in [-0.25, -0.2) is 4.79 Å². The molecule has 2 aromatic carbocycles. The van der Waals surface area contributed by atoms with Gasteiger partial charge in [0.05, 0.1) is 25.3 Å². The molecule has 27 heavy (non-hydrogen) atoms. The van der Waals surface area contributed by atoms with Gasteiger partial charge < -0.3 is 14.2 Å². The second-order valence-electron chi connectivity index (χ2n) is 5.93. The van der Waals surface area contributed by atoms with Crippen molar-refractivity contribution in [2.75, 3.05) is 14.2 Å². The van der Waals surface area contributed by atoms with E-state index in [9.17, 15) is 9.59 Å². The van der Waals surface area contributed by atoms with Crippen molar-refractivity contribution in [1.29, 1.82) is 0 Å². The molecule has 0 spiro atoms. The van der Waals surface area contributed by atoms with Gasteiger partial charge >= 0.3 is 5.97 Å². The summed E-state index contributed by atoms with van der Waals surface area (Å²) in [7, 11) is 2.86. The van der Waals surface area contributed by atoms with Gasteiger partial charge in [0.25, 0.3) is 5.91 Å². The van der Waals surface area contributed by atoms with Gasteiger partial charge in [-0.2, -0.15) is 0 Å². The van der Waals surface area contributed by atoms with Crippen molar-refractivity contribution in [1.82, 2.24) is 4.57 Å². The Balaban J connectivity index is 2.00. The summed E-state index contributed by atoms with van der Waals surface area (Å²) in [6.07, 6.45) is 1.23. The third kappa shape index (κ3) is 3.51. The Morgan fingerprint density at radius 2 is 1.67 bits per heavy atom. The molecule has 0 aliphatic rings. The topological polar surface area (TPSA) is 66.8 Å². The Bertz CT molecular complexity index is 976. The fraction of sp³-hybridized carbons (Fsp3) is 0.238. The van der Waals surface area contributed by atoms with Gasteiger partial charge in [-0.1, -0.05) is 37.3 Å². The van der Waals surface area contributed by atoms with Crippen LogP contribution >= 0.6 is 0 Å². The van der Waals surface area contributed by atoms with E-state index in [1.54, 1.807) is 31.4 Å². The molecule has 0 bridgehead atoms. The van der Waals surface area contributed by atoms with Crippen molar-refractivity contribution in [3.8, 4) is 11.5 Å². The first-order valence-corrected chi connectivity index (χ1v) is 8.63. The maximum absolute atomic E-state index is 13.2. The largest absolute Gasteiger partial charge is 0.493 e. The molecule has 6 nitrogen and oxygen atoms in total. The van der Waals surface area contributed by atoms with Crippen molar-refractivity contribution in [3.05, 3.63) is 60.3 Å². The Morgan fingerprint density at radius 1 is 1.00 bits per heavy atom. The average Bonchev–Trinajstić information content (AvgIpc) is 3.11. The van der Waals surface area contributed by atoms with Crippen molar-refractivity contribution < 1.29 is 23.8 Å². The lowest BCUT2D eigenvalue weighted by molar-refractivity contribution is 0.0602. The average molecular weight is 367 g/mol. The minimum Gasteiger partial charge on any atom is -0.493 e. The van der Waals surface area contributed by atoms with Crippen LogP contribution in [0.25, 0.3) is 10.9 Å². The molecule has 0 radical (unpaired) electrons. The number of aromatic nitrogens is 1. The molecule has 0 fully saturated rings. The summed E-state index contributed by atoms with van der Waals surface area (Å²) in [4.78, 5) is 25.2. The van der Waals surface area contributed by atoms with Crippen LogP contribution in [0.15, 0.2) is 54.7 Å². The zero-order valence-corrected chi connectivity index (χ0v) is 15.5. The number of hydrogen-bond acceptors (Lipinski definition) is 5. The summed E-state index contributed by atoms with van der Waals surface area (Å²) < 4.78 is 17.5. The molecule has 1 unspecified atom stereocenters. The first kappa shape index (κ1) is 18.5. The fourth-order valence-corrected chi connectivity index (χ4v) is 2.97. The lowest BCUT2D eigenvalue weighted by atomic mass is 10.2. The Morgan fingerprint density at radius 3 is 2.33 bits per heavy atom. The highest BCUT2D eigenvalue weighted by Gasteiger charge is 2.25. The van der Waals surface area contributed by atoms with Crippen LogP contribution in [0.1, 0.15) is 28.5 Å². The van der Waals surface area contributed by atoms with Gasteiger partial charge in [0.1, 0.15) is 0 Å². The van der Waals surface area contributed by atoms with Crippen LogP contribution < -0.4 is 9.47 Å². The number of carbonyl (C=O) groups excluding carboxylic acids is 2. The highest BCUT2D eigenvalue weighted by atomic mass is 16.5. The SMILES string of the molecule is CCC(Oc1ccccc1OC)C(=O)n1cc(C(=O)OC)c2ccccc21. The summed E-state index contributed by atoms with van der Waals surface area (Å²) in [5, 5.41) is 0.657. The maximum atomic E-state index is 13.2. The highest BCUT2D eigenvalue weighted by Crippen LogP contribution is 2.29. The minimum absolute atomic E-state index is 0.269. The zero-order chi connectivity index (χ0) is 19.4. The number of para-hydroxylation sites is 3. The number of nitrogens with zero attached hydrogens (tertiary/aromatic N) is 1. The van der Waals surface area contributed by atoms with E-state index in [0.29, 0.717) is 34.4 Å². The summed E-state index contributed by atoms with van der Waals surface area (Å²) in [6.45, 7) is 1.87. The Kier molecular flexibility index (Phi) is 5.45. The predicted octanol–water partition coefficient (Wildman–Crippen LogP) is 3.93. The molecule has 1 aromatic heterocycles. The van der Waals surface area contributed by atoms with Crippen LogP contribution in [0, 0.1) is 0 Å². The van der Waals surface area contributed by atoms with Crippen molar-refractivity contribution in [2.45, 2.75) is 19.4 Å².